The highest BCUT2D eigenvalue weighted by molar-refractivity contribution is 7.20. The third-order valence-electron chi connectivity index (χ3n) is 4.37. The van der Waals surface area contributed by atoms with Crippen molar-refractivity contribution >= 4 is 39.1 Å². The zero-order chi connectivity index (χ0) is 20.5. The highest BCUT2D eigenvalue weighted by atomic mass is 35.5. The first-order valence-corrected chi connectivity index (χ1v) is 9.82. The summed E-state index contributed by atoms with van der Waals surface area (Å²) in [6.45, 7) is 1.87. The molecule has 0 radical (unpaired) electrons. The van der Waals surface area contributed by atoms with Crippen LogP contribution in [-0.2, 0) is 6.54 Å². The van der Waals surface area contributed by atoms with Gasteiger partial charge in [0.1, 0.15) is 21.3 Å². The van der Waals surface area contributed by atoms with Gasteiger partial charge >= 0.3 is 5.97 Å². The van der Waals surface area contributed by atoms with Crippen molar-refractivity contribution in [2.24, 2.45) is 0 Å². The first kappa shape index (κ1) is 19.3. The maximum atomic E-state index is 13.4. The van der Waals surface area contributed by atoms with Gasteiger partial charge in [-0.3, -0.25) is 9.36 Å². The molecule has 0 unspecified atom stereocenters. The Morgan fingerprint density at radius 3 is 2.72 bits per heavy atom. The van der Waals surface area contributed by atoms with Crippen LogP contribution in [0.5, 0.6) is 5.75 Å². The fourth-order valence-electron chi connectivity index (χ4n) is 2.95. The van der Waals surface area contributed by atoms with Crippen LogP contribution in [0.2, 0.25) is 5.02 Å². The second kappa shape index (κ2) is 7.77. The lowest BCUT2D eigenvalue weighted by molar-refractivity contribution is 0.0739. The maximum absolute atomic E-state index is 13.4. The summed E-state index contributed by atoms with van der Waals surface area (Å²) in [5.74, 6) is -0.583. The predicted octanol–water partition coefficient (Wildman–Crippen LogP) is 4.83. The van der Waals surface area contributed by atoms with Gasteiger partial charge in [0.25, 0.3) is 5.56 Å². The number of carbonyl (C=O) groups excluding carboxylic acids is 1. The summed E-state index contributed by atoms with van der Waals surface area (Å²) in [5.41, 5.74) is 0.858. The summed E-state index contributed by atoms with van der Waals surface area (Å²) in [6, 6.07) is 12.4. The molecule has 0 aliphatic carbocycles. The largest absolute Gasteiger partial charge is 0.422 e. The van der Waals surface area contributed by atoms with Crippen LogP contribution in [0, 0.1) is 12.7 Å². The van der Waals surface area contributed by atoms with Crippen LogP contribution in [0.15, 0.2) is 59.7 Å². The van der Waals surface area contributed by atoms with Crippen LogP contribution in [-0.4, -0.2) is 15.5 Å². The number of fused-ring (bicyclic) bond motifs is 1. The van der Waals surface area contributed by atoms with Crippen LogP contribution >= 0.6 is 22.9 Å². The molecule has 0 aliphatic rings. The zero-order valence-corrected chi connectivity index (χ0v) is 16.8. The molecule has 0 saturated carbocycles. The van der Waals surface area contributed by atoms with E-state index in [0.717, 1.165) is 11.3 Å². The summed E-state index contributed by atoms with van der Waals surface area (Å²) in [7, 11) is 0. The van der Waals surface area contributed by atoms with Gasteiger partial charge in [-0.15, -0.1) is 11.3 Å². The molecule has 4 aromatic rings. The topological polar surface area (TPSA) is 61.2 Å². The minimum Gasteiger partial charge on any atom is -0.422 e. The lowest BCUT2D eigenvalue weighted by Gasteiger charge is -2.06. The van der Waals surface area contributed by atoms with Crippen LogP contribution in [0.25, 0.3) is 10.2 Å². The molecule has 8 heteroatoms. The summed E-state index contributed by atoms with van der Waals surface area (Å²) in [4.78, 5) is 30.6. The number of hydrogen-bond donors (Lipinski definition) is 0. The Labute approximate surface area is 174 Å². The van der Waals surface area contributed by atoms with Crippen LogP contribution < -0.4 is 10.3 Å². The van der Waals surface area contributed by atoms with Crippen molar-refractivity contribution in [2.45, 2.75) is 13.5 Å². The second-order valence-electron chi connectivity index (χ2n) is 6.39. The molecule has 2 heterocycles. The minimum atomic E-state index is -0.566. The van der Waals surface area contributed by atoms with Gasteiger partial charge in [-0.2, -0.15) is 0 Å². The lowest BCUT2D eigenvalue weighted by atomic mass is 10.2. The molecule has 2 aromatic carbocycles. The zero-order valence-electron chi connectivity index (χ0n) is 15.2. The summed E-state index contributed by atoms with van der Waals surface area (Å²) < 4.78 is 20.2. The van der Waals surface area contributed by atoms with Crippen molar-refractivity contribution in [3.8, 4) is 5.75 Å². The summed E-state index contributed by atoms with van der Waals surface area (Å²) in [6.07, 6.45) is 1.40. The van der Waals surface area contributed by atoms with Crippen molar-refractivity contribution < 1.29 is 13.9 Å². The van der Waals surface area contributed by atoms with Gasteiger partial charge in [0.15, 0.2) is 0 Å². The van der Waals surface area contributed by atoms with Gasteiger partial charge in [-0.25, -0.2) is 14.2 Å². The Bertz CT molecular complexity index is 1280. The molecule has 0 atom stereocenters. The van der Waals surface area contributed by atoms with E-state index in [4.69, 9.17) is 16.3 Å². The molecule has 0 bridgehead atoms. The summed E-state index contributed by atoms with van der Waals surface area (Å²) in [5, 5.41) is 0.892. The number of halogens is 2. The molecule has 0 amide bonds. The van der Waals surface area contributed by atoms with Gasteiger partial charge in [0.2, 0.25) is 0 Å². The average Bonchev–Trinajstić information content (AvgIpc) is 3.03. The van der Waals surface area contributed by atoms with E-state index in [1.165, 1.54) is 23.0 Å². The van der Waals surface area contributed by atoms with Gasteiger partial charge in [0.05, 0.1) is 18.3 Å². The van der Waals surface area contributed by atoms with Crippen LogP contribution in [0.4, 0.5) is 4.39 Å². The number of aryl methyl sites for hydroxylation is 1. The van der Waals surface area contributed by atoms with E-state index in [-0.39, 0.29) is 17.9 Å². The van der Waals surface area contributed by atoms with E-state index in [9.17, 15) is 14.0 Å². The third-order valence-corrected chi connectivity index (χ3v) is 5.80. The number of ether oxygens (including phenoxy) is 1. The van der Waals surface area contributed by atoms with E-state index in [1.54, 1.807) is 43.3 Å². The monoisotopic (exact) mass is 428 g/mol. The molecule has 5 nitrogen and oxygen atoms in total. The van der Waals surface area contributed by atoms with E-state index >= 15 is 0 Å². The molecule has 146 valence electrons. The average molecular weight is 429 g/mol. The Hall–Kier alpha value is -3.03. The molecule has 2 aromatic heterocycles. The number of hydrogen-bond acceptors (Lipinski definition) is 5. The number of benzene rings is 2. The molecule has 0 fully saturated rings. The van der Waals surface area contributed by atoms with Crippen molar-refractivity contribution in [1.29, 1.82) is 0 Å². The Balaban J connectivity index is 1.68. The lowest BCUT2D eigenvalue weighted by Crippen LogP contribution is -2.21. The molecular weight excluding hydrogens is 415 g/mol. The van der Waals surface area contributed by atoms with Gasteiger partial charge < -0.3 is 4.74 Å². The molecule has 0 spiro atoms. The Morgan fingerprint density at radius 1 is 1.24 bits per heavy atom. The standard InChI is InChI=1S/C21H14ClFN2O3S/c1-12-17-19(29-18(12)21(27)28-16-7-5-14(22)6-8-16)24-11-25(20(17)26)10-13-3-2-4-15(23)9-13/h2-9,11H,10H2,1H3. The molecule has 4 rings (SSSR count). The van der Waals surface area contributed by atoms with Crippen molar-refractivity contribution in [3.05, 3.63) is 92.1 Å². The first-order valence-electron chi connectivity index (χ1n) is 8.63. The predicted molar refractivity (Wildman–Crippen MR) is 111 cm³/mol. The normalized spacial score (nSPS) is 11.0. The number of thiophene rings is 1. The van der Waals surface area contributed by atoms with Crippen molar-refractivity contribution in [2.75, 3.05) is 0 Å². The smallest absolute Gasteiger partial charge is 0.354 e. The Kier molecular flexibility index (Phi) is 5.17. The van der Waals surface area contributed by atoms with E-state index < -0.39 is 5.97 Å². The van der Waals surface area contributed by atoms with E-state index in [0.29, 0.717) is 37.0 Å². The van der Waals surface area contributed by atoms with Gasteiger partial charge in [0, 0.05) is 5.02 Å². The van der Waals surface area contributed by atoms with E-state index in [2.05, 4.69) is 4.98 Å². The molecular formula is C21H14ClFN2O3S. The number of nitrogens with zero attached hydrogens (tertiary/aromatic N) is 2. The molecule has 0 N–H and O–H groups in total. The van der Waals surface area contributed by atoms with Crippen LogP contribution in [0.1, 0.15) is 20.8 Å². The van der Waals surface area contributed by atoms with Gasteiger partial charge in [-0.1, -0.05) is 23.7 Å². The highest BCUT2D eigenvalue weighted by Crippen LogP contribution is 2.28. The van der Waals surface area contributed by atoms with Crippen molar-refractivity contribution in [3.63, 3.8) is 0 Å². The quantitative estimate of drug-likeness (QED) is 0.345. The number of esters is 1. The number of aromatic nitrogens is 2. The number of carbonyl (C=O) groups is 1. The highest BCUT2D eigenvalue weighted by Gasteiger charge is 2.21. The third kappa shape index (κ3) is 3.92. The number of rotatable bonds is 4. The van der Waals surface area contributed by atoms with Crippen molar-refractivity contribution in [1.82, 2.24) is 9.55 Å². The minimum absolute atomic E-state index is 0.180. The molecule has 0 aliphatic heterocycles. The van der Waals surface area contributed by atoms with Gasteiger partial charge in [-0.05, 0) is 54.4 Å². The fraction of sp³-hybridized carbons (Fsp3) is 0.0952. The Morgan fingerprint density at radius 2 is 2.00 bits per heavy atom. The second-order valence-corrected chi connectivity index (χ2v) is 7.82. The fourth-order valence-corrected chi connectivity index (χ4v) is 4.10. The molecule has 29 heavy (non-hydrogen) atoms. The van der Waals surface area contributed by atoms with E-state index in [1.807, 2.05) is 0 Å². The first-order chi connectivity index (χ1) is 13.9. The SMILES string of the molecule is Cc1c(C(=O)Oc2ccc(Cl)cc2)sc2ncn(Cc3cccc(F)c3)c(=O)c12. The maximum Gasteiger partial charge on any atom is 0.354 e. The summed E-state index contributed by atoms with van der Waals surface area (Å²) >= 11 is 6.94. The van der Waals surface area contributed by atoms with Crippen LogP contribution in [0.3, 0.4) is 0 Å². The molecule has 0 saturated heterocycles.